The van der Waals surface area contributed by atoms with Crippen molar-refractivity contribution in [1.29, 1.82) is 0 Å². The van der Waals surface area contributed by atoms with Crippen molar-refractivity contribution in [1.82, 2.24) is 0 Å². The van der Waals surface area contributed by atoms with E-state index in [1.807, 2.05) is 13.0 Å². The lowest BCUT2D eigenvalue weighted by atomic mass is 9.33. The van der Waals surface area contributed by atoms with Gasteiger partial charge in [0.25, 0.3) is 0 Å². The second-order valence-electron chi connectivity index (χ2n) is 17.4. The summed E-state index contributed by atoms with van der Waals surface area (Å²) < 4.78 is 6.16. The molecular formula is C37H52O7. The van der Waals surface area contributed by atoms with Crippen molar-refractivity contribution in [2.75, 3.05) is 0 Å². The van der Waals surface area contributed by atoms with E-state index in [0.29, 0.717) is 44.1 Å². The highest BCUT2D eigenvalue weighted by molar-refractivity contribution is 6.00. The van der Waals surface area contributed by atoms with Crippen LogP contribution in [0.4, 0.5) is 0 Å². The molecule has 0 aromatic rings. The molecule has 44 heavy (non-hydrogen) atoms. The summed E-state index contributed by atoms with van der Waals surface area (Å²) >= 11 is 0. The summed E-state index contributed by atoms with van der Waals surface area (Å²) in [6, 6.07) is 0. The van der Waals surface area contributed by atoms with E-state index >= 15 is 0 Å². The lowest BCUT2D eigenvalue weighted by Crippen LogP contribution is -2.66. The number of carbonyl (C=O) groups excluding carboxylic acids is 2. The summed E-state index contributed by atoms with van der Waals surface area (Å²) in [6.07, 6.45) is 10.6. The molecule has 9 atom stereocenters. The van der Waals surface area contributed by atoms with Crippen LogP contribution >= 0.6 is 0 Å². The third-order valence-electron chi connectivity index (χ3n) is 15.0. The van der Waals surface area contributed by atoms with Crippen LogP contribution in [-0.4, -0.2) is 40.0 Å². The Morgan fingerprint density at radius 1 is 0.841 bits per heavy atom. The van der Waals surface area contributed by atoms with E-state index in [1.165, 1.54) is 5.57 Å². The van der Waals surface area contributed by atoms with E-state index in [-0.39, 0.29) is 62.3 Å². The number of ketones is 1. The summed E-state index contributed by atoms with van der Waals surface area (Å²) in [5.74, 6) is -1.94. The van der Waals surface area contributed by atoms with Crippen molar-refractivity contribution in [2.24, 2.45) is 50.2 Å². The maximum atomic E-state index is 14.6. The van der Waals surface area contributed by atoms with Crippen molar-refractivity contribution < 1.29 is 34.1 Å². The zero-order valence-electron chi connectivity index (χ0n) is 27.8. The van der Waals surface area contributed by atoms with Crippen LogP contribution in [0.5, 0.6) is 0 Å². The van der Waals surface area contributed by atoms with E-state index < -0.39 is 23.3 Å². The summed E-state index contributed by atoms with van der Waals surface area (Å²) in [4.78, 5) is 51.9. The molecule has 0 heterocycles. The van der Waals surface area contributed by atoms with Gasteiger partial charge < -0.3 is 14.9 Å². The smallest absolute Gasteiger partial charge is 0.334 e. The normalized spacial score (nSPS) is 46.2. The molecule has 0 aromatic carbocycles. The van der Waals surface area contributed by atoms with Gasteiger partial charge in [-0.25, -0.2) is 9.59 Å². The number of aliphatic carboxylic acids is 2. The van der Waals surface area contributed by atoms with Gasteiger partial charge in [-0.2, -0.15) is 0 Å². The molecule has 0 aliphatic heterocycles. The molecule has 7 nitrogen and oxygen atoms in total. The number of hydrogen-bond donors (Lipinski definition) is 2. The predicted octanol–water partition coefficient (Wildman–Crippen LogP) is 7.53. The summed E-state index contributed by atoms with van der Waals surface area (Å²) in [6.45, 7) is 15.6. The van der Waals surface area contributed by atoms with Gasteiger partial charge in [0.2, 0.25) is 0 Å². The molecule has 2 N–H and O–H groups in total. The van der Waals surface area contributed by atoms with Crippen molar-refractivity contribution in [3.8, 4) is 0 Å². The molecule has 4 saturated carbocycles. The summed E-state index contributed by atoms with van der Waals surface area (Å²) in [5.41, 5.74) is -0.118. The first-order chi connectivity index (χ1) is 20.3. The second kappa shape index (κ2) is 9.78. The zero-order chi connectivity index (χ0) is 32.3. The molecule has 6 aliphatic carbocycles. The molecule has 0 amide bonds. The van der Waals surface area contributed by atoms with Crippen molar-refractivity contribution in [2.45, 2.75) is 132 Å². The average molecular weight is 609 g/mol. The minimum absolute atomic E-state index is 0.0179. The topological polar surface area (TPSA) is 118 Å². The van der Waals surface area contributed by atoms with Crippen LogP contribution in [0.2, 0.25) is 0 Å². The highest BCUT2D eigenvalue weighted by Crippen LogP contribution is 2.75. The lowest BCUT2D eigenvalue weighted by Gasteiger charge is -2.70. The third-order valence-corrected chi connectivity index (χ3v) is 15.0. The van der Waals surface area contributed by atoms with Crippen molar-refractivity contribution in [3.05, 3.63) is 22.8 Å². The van der Waals surface area contributed by atoms with E-state index in [4.69, 9.17) is 4.74 Å². The van der Waals surface area contributed by atoms with Crippen LogP contribution in [-0.2, 0) is 23.9 Å². The minimum Gasteiger partial charge on any atom is -0.481 e. The molecule has 242 valence electrons. The van der Waals surface area contributed by atoms with Crippen molar-refractivity contribution >= 4 is 23.7 Å². The number of carboxylic acids is 2. The van der Waals surface area contributed by atoms with Gasteiger partial charge in [-0.15, -0.1) is 0 Å². The molecule has 4 fully saturated rings. The Morgan fingerprint density at radius 2 is 1.50 bits per heavy atom. The van der Waals surface area contributed by atoms with Crippen LogP contribution < -0.4 is 0 Å². The van der Waals surface area contributed by atoms with Crippen molar-refractivity contribution in [3.63, 3.8) is 0 Å². The van der Waals surface area contributed by atoms with Crippen LogP contribution in [0, 0.1) is 50.2 Å². The number of ether oxygens (including phenoxy) is 1. The summed E-state index contributed by atoms with van der Waals surface area (Å²) in [5, 5.41) is 19.8. The second-order valence-corrected chi connectivity index (χ2v) is 17.4. The molecule has 0 saturated heterocycles. The molecule has 0 spiro atoms. The number of allylic oxidation sites excluding steroid dienone is 2. The molecule has 0 bridgehead atoms. The number of carboxylic acid groups (broad SMARTS) is 2. The van der Waals surface area contributed by atoms with E-state index in [2.05, 4.69) is 41.5 Å². The first kappa shape index (κ1) is 31.5. The van der Waals surface area contributed by atoms with Gasteiger partial charge >= 0.3 is 17.9 Å². The fraction of sp³-hybridized carbons (Fsp3) is 0.784. The highest BCUT2D eigenvalue weighted by atomic mass is 16.5. The number of fused-ring (bicyclic) bond motifs is 7. The number of rotatable bonds is 4. The SMILES string of the molecule is CC1(C)[C@@H](OC(=O)C2=C(C(=O)O)CCC2)CC[C@]2(C)[C@H]3C(=O)C=C4[C@@H]5C[C@@](C)(C(=O)O)CC[C@]5(C)CC[C@@]4(C)[C@]3(C)CC[C@@H]12. The Labute approximate surface area is 262 Å². The molecule has 6 aliphatic rings. The van der Waals surface area contributed by atoms with Gasteiger partial charge in [-0.05, 0) is 124 Å². The third kappa shape index (κ3) is 4.11. The maximum absolute atomic E-state index is 14.6. The molecule has 6 rings (SSSR count). The monoisotopic (exact) mass is 608 g/mol. The Hall–Kier alpha value is -2.44. The van der Waals surface area contributed by atoms with E-state index in [1.54, 1.807) is 0 Å². The van der Waals surface area contributed by atoms with Gasteiger partial charge in [0.15, 0.2) is 5.78 Å². The minimum atomic E-state index is -1.03. The van der Waals surface area contributed by atoms with E-state index in [9.17, 15) is 29.4 Å². The average Bonchev–Trinajstić information content (AvgIpc) is 3.43. The number of hydrogen-bond acceptors (Lipinski definition) is 5. The van der Waals surface area contributed by atoms with Crippen LogP contribution in [0.15, 0.2) is 22.8 Å². The first-order valence-corrected chi connectivity index (χ1v) is 17.0. The van der Waals surface area contributed by atoms with Gasteiger partial charge in [0.1, 0.15) is 6.10 Å². The number of carbonyl (C=O) groups is 4. The van der Waals surface area contributed by atoms with E-state index in [0.717, 1.165) is 38.5 Å². The standard InChI is InChI=1S/C37H52O7/c1-32(2)26-11-14-37(7)28(35(26,5)13-12-27(32)44-30(41)22-10-8-9-21(22)29(39)40)25(38)19-23-24-20-34(4,31(42)43)16-15-33(24,3)17-18-36(23,37)6/h19,24,26-28H,8-18,20H2,1-7H3,(H,39,40)(H,42,43)/t24-,26-,27-,28+,33+,34-,35-,36+,37+/m0/s1. The lowest BCUT2D eigenvalue weighted by molar-refractivity contribution is -0.209. The first-order valence-electron chi connectivity index (χ1n) is 17.0. The maximum Gasteiger partial charge on any atom is 0.334 e. The zero-order valence-corrected chi connectivity index (χ0v) is 27.8. The Balaban J connectivity index is 1.33. The molecule has 0 radical (unpaired) electrons. The van der Waals surface area contributed by atoms with Crippen LogP contribution in [0.25, 0.3) is 0 Å². The van der Waals surface area contributed by atoms with Crippen LogP contribution in [0.1, 0.15) is 126 Å². The van der Waals surface area contributed by atoms with Crippen LogP contribution in [0.3, 0.4) is 0 Å². The molecule has 7 heteroatoms. The quantitative estimate of drug-likeness (QED) is 0.317. The molecule has 0 unspecified atom stereocenters. The van der Waals surface area contributed by atoms with Gasteiger partial charge in [-0.1, -0.05) is 47.1 Å². The fourth-order valence-corrected chi connectivity index (χ4v) is 12.0. The van der Waals surface area contributed by atoms with Gasteiger partial charge in [-0.3, -0.25) is 9.59 Å². The molecule has 0 aromatic heterocycles. The predicted molar refractivity (Wildman–Crippen MR) is 165 cm³/mol. The van der Waals surface area contributed by atoms with Gasteiger partial charge in [0.05, 0.1) is 5.41 Å². The summed E-state index contributed by atoms with van der Waals surface area (Å²) in [7, 11) is 0. The number of esters is 1. The Morgan fingerprint density at radius 3 is 2.16 bits per heavy atom. The highest BCUT2D eigenvalue weighted by Gasteiger charge is 2.70. The Bertz CT molecular complexity index is 1390. The fourth-order valence-electron chi connectivity index (χ4n) is 12.0. The molecular weight excluding hydrogens is 556 g/mol. The largest absolute Gasteiger partial charge is 0.481 e. The van der Waals surface area contributed by atoms with Gasteiger partial charge in [0, 0.05) is 22.5 Å². The Kier molecular flexibility index (Phi) is 7.01.